The fraction of sp³-hybridized carbons (Fsp3) is 0. The molecule has 1 N–H and O–H groups in total. The van der Waals surface area contributed by atoms with Crippen LogP contribution in [0.4, 0.5) is 0 Å². The monoisotopic (exact) mass is 365 g/mol. The molecule has 0 atom stereocenters. The molecule has 4 aromatic rings. The molecule has 2 aromatic carbocycles. The van der Waals surface area contributed by atoms with Crippen LogP contribution in [0.15, 0.2) is 65.8 Å². The fourth-order valence-electron chi connectivity index (χ4n) is 2.49. The molecule has 122 valence electrons. The van der Waals surface area contributed by atoms with Crippen molar-refractivity contribution in [2.75, 3.05) is 0 Å². The molecule has 7 heteroatoms. The summed E-state index contributed by atoms with van der Waals surface area (Å²) in [5, 5.41) is 12.9. The number of aromatic amines is 1. The SMILES string of the molecule is S=c1[nH]nc(-c2ccccc2)n1/N=C/c1cc2ccccc2nc1Cl. The van der Waals surface area contributed by atoms with Gasteiger partial charge in [-0.3, -0.25) is 0 Å². The summed E-state index contributed by atoms with van der Waals surface area (Å²) in [7, 11) is 0. The summed E-state index contributed by atoms with van der Waals surface area (Å²) in [5.74, 6) is 0.631. The van der Waals surface area contributed by atoms with E-state index in [1.165, 1.54) is 0 Å². The lowest BCUT2D eigenvalue weighted by atomic mass is 10.2. The van der Waals surface area contributed by atoms with E-state index in [1.54, 1.807) is 10.9 Å². The minimum atomic E-state index is 0.388. The number of para-hydroxylation sites is 1. The van der Waals surface area contributed by atoms with Crippen LogP contribution in [0, 0.1) is 4.77 Å². The zero-order chi connectivity index (χ0) is 17.2. The Morgan fingerprint density at radius 3 is 2.68 bits per heavy atom. The van der Waals surface area contributed by atoms with Crippen molar-refractivity contribution >= 4 is 40.9 Å². The van der Waals surface area contributed by atoms with Gasteiger partial charge in [0.1, 0.15) is 5.15 Å². The number of H-pyrrole nitrogens is 1. The second-order valence-electron chi connectivity index (χ2n) is 5.34. The maximum Gasteiger partial charge on any atom is 0.216 e. The van der Waals surface area contributed by atoms with Gasteiger partial charge < -0.3 is 0 Å². The molecule has 2 heterocycles. The Morgan fingerprint density at radius 2 is 1.84 bits per heavy atom. The predicted molar refractivity (Wildman–Crippen MR) is 103 cm³/mol. The molecule has 5 nitrogen and oxygen atoms in total. The molecule has 0 saturated carbocycles. The Morgan fingerprint density at radius 1 is 1.08 bits per heavy atom. The van der Waals surface area contributed by atoms with Crippen LogP contribution < -0.4 is 0 Å². The molecule has 0 aliphatic rings. The Hall–Kier alpha value is -2.83. The summed E-state index contributed by atoms with van der Waals surface area (Å²) in [5.41, 5.74) is 2.46. The van der Waals surface area contributed by atoms with Crippen molar-refractivity contribution in [2.45, 2.75) is 0 Å². The number of nitrogens with one attached hydrogen (secondary N) is 1. The molecule has 0 spiro atoms. The summed E-state index contributed by atoms with van der Waals surface area (Å²) in [6.07, 6.45) is 1.64. The van der Waals surface area contributed by atoms with Gasteiger partial charge >= 0.3 is 0 Å². The van der Waals surface area contributed by atoms with Crippen LogP contribution in [0.3, 0.4) is 0 Å². The van der Waals surface area contributed by atoms with Gasteiger partial charge in [-0.2, -0.15) is 14.9 Å². The van der Waals surface area contributed by atoms with Crippen molar-refractivity contribution in [3.8, 4) is 11.4 Å². The summed E-state index contributed by atoms with van der Waals surface area (Å²) in [6, 6.07) is 19.4. The van der Waals surface area contributed by atoms with Crippen LogP contribution >= 0.6 is 23.8 Å². The summed E-state index contributed by atoms with van der Waals surface area (Å²) in [4.78, 5) is 4.39. The molecule has 0 aliphatic carbocycles. The number of fused-ring (bicyclic) bond motifs is 1. The maximum atomic E-state index is 6.28. The van der Waals surface area contributed by atoms with E-state index in [-0.39, 0.29) is 0 Å². The van der Waals surface area contributed by atoms with Gasteiger partial charge in [-0.1, -0.05) is 60.1 Å². The Balaban J connectivity index is 1.77. The van der Waals surface area contributed by atoms with Crippen LogP contribution in [-0.2, 0) is 0 Å². The number of hydrogen-bond donors (Lipinski definition) is 1. The molecule has 0 bridgehead atoms. The molecule has 25 heavy (non-hydrogen) atoms. The lowest BCUT2D eigenvalue weighted by Gasteiger charge is -2.03. The second kappa shape index (κ2) is 6.58. The Kier molecular flexibility index (Phi) is 4.13. The highest BCUT2D eigenvalue weighted by Crippen LogP contribution is 2.20. The topological polar surface area (TPSA) is 58.9 Å². The van der Waals surface area contributed by atoms with Crippen molar-refractivity contribution in [2.24, 2.45) is 5.10 Å². The smallest absolute Gasteiger partial charge is 0.216 e. The van der Waals surface area contributed by atoms with Crippen LogP contribution in [0.25, 0.3) is 22.3 Å². The molecule has 0 aliphatic heterocycles. The summed E-state index contributed by atoms with van der Waals surface area (Å²) in [6.45, 7) is 0. The Bertz CT molecular complexity index is 1130. The fourth-order valence-corrected chi connectivity index (χ4v) is 2.87. The minimum Gasteiger partial charge on any atom is -0.250 e. The third-order valence-electron chi connectivity index (χ3n) is 3.70. The van der Waals surface area contributed by atoms with E-state index in [1.807, 2.05) is 60.7 Å². The lowest BCUT2D eigenvalue weighted by Crippen LogP contribution is -1.96. The van der Waals surface area contributed by atoms with Gasteiger partial charge in [0.15, 0.2) is 5.82 Å². The number of hydrogen-bond acceptors (Lipinski definition) is 4. The first-order chi connectivity index (χ1) is 12.2. The summed E-state index contributed by atoms with van der Waals surface area (Å²) >= 11 is 11.6. The van der Waals surface area contributed by atoms with E-state index in [4.69, 9.17) is 23.8 Å². The quantitative estimate of drug-likeness (QED) is 0.325. The van der Waals surface area contributed by atoms with Crippen LogP contribution in [-0.4, -0.2) is 26.1 Å². The normalized spacial score (nSPS) is 11.4. The highest BCUT2D eigenvalue weighted by Gasteiger charge is 2.08. The largest absolute Gasteiger partial charge is 0.250 e. The van der Waals surface area contributed by atoms with Gasteiger partial charge in [0.2, 0.25) is 4.77 Å². The van der Waals surface area contributed by atoms with Gasteiger partial charge in [0.25, 0.3) is 0 Å². The number of rotatable bonds is 3. The van der Waals surface area contributed by atoms with Crippen LogP contribution in [0.2, 0.25) is 5.15 Å². The van der Waals surface area contributed by atoms with Crippen molar-refractivity contribution in [3.05, 3.63) is 76.2 Å². The number of pyridine rings is 1. The standard InChI is InChI=1S/C18H12ClN5S/c19-16-14(10-13-8-4-5-9-15(13)21-16)11-20-24-17(22-23-18(24)25)12-6-2-1-3-7-12/h1-11H,(H,23,25)/b20-11+. The van der Waals surface area contributed by atoms with Crippen molar-refractivity contribution in [1.29, 1.82) is 0 Å². The van der Waals surface area contributed by atoms with E-state index < -0.39 is 0 Å². The second-order valence-corrected chi connectivity index (χ2v) is 6.08. The van der Waals surface area contributed by atoms with Gasteiger partial charge in [-0.15, -0.1) is 0 Å². The van der Waals surface area contributed by atoms with E-state index in [9.17, 15) is 0 Å². The first kappa shape index (κ1) is 15.7. The highest BCUT2D eigenvalue weighted by atomic mass is 35.5. The third-order valence-corrected chi connectivity index (χ3v) is 4.27. The molecule has 4 rings (SSSR count). The average molecular weight is 366 g/mol. The molecule has 2 aromatic heterocycles. The number of aromatic nitrogens is 4. The zero-order valence-electron chi connectivity index (χ0n) is 12.9. The van der Waals surface area contributed by atoms with Crippen molar-refractivity contribution in [1.82, 2.24) is 19.9 Å². The number of benzene rings is 2. The van der Waals surface area contributed by atoms with Crippen LogP contribution in [0.1, 0.15) is 5.56 Å². The molecular weight excluding hydrogens is 354 g/mol. The molecule has 0 radical (unpaired) electrons. The average Bonchev–Trinajstić information content (AvgIpc) is 3.01. The molecule has 0 unspecified atom stereocenters. The Labute approximate surface area is 153 Å². The molecule has 0 saturated heterocycles. The van der Waals surface area contributed by atoms with Crippen LogP contribution in [0.5, 0.6) is 0 Å². The van der Waals surface area contributed by atoms with E-state index in [0.29, 0.717) is 21.3 Å². The van der Waals surface area contributed by atoms with E-state index in [0.717, 1.165) is 16.5 Å². The van der Waals surface area contributed by atoms with Gasteiger partial charge in [0, 0.05) is 16.5 Å². The summed E-state index contributed by atoms with van der Waals surface area (Å²) < 4.78 is 1.97. The van der Waals surface area contributed by atoms with Gasteiger partial charge in [0.05, 0.1) is 11.7 Å². The van der Waals surface area contributed by atoms with E-state index in [2.05, 4.69) is 20.3 Å². The number of halogens is 1. The third kappa shape index (κ3) is 3.09. The maximum absolute atomic E-state index is 6.28. The predicted octanol–water partition coefficient (Wildman–Crippen LogP) is 4.69. The molecular formula is C18H12ClN5S. The highest BCUT2D eigenvalue weighted by molar-refractivity contribution is 7.71. The first-order valence-electron chi connectivity index (χ1n) is 7.55. The van der Waals surface area contributed by atoms with Crippen molar-refractivity contribution in [3.63, 3.8) is 0 Å². The molecule has 0 fully saturated rings. The van der Waals surface area contributed by atoms with Crippen molar-refractivity contribution < 1.29 is 0 Å². The van der Waals surface area contributed by atoms with Gasteiger partial charge in [-0.25, -0.2) is 10.1 Å². The first-order valence-corrected chi connectivity index (χ1v) is 8.33. The number of nitrogens with zero attached hydrogens (tertiary/aromatic N) is 4. The lowest BCUT2D eigenvalue weighted by molar-refractivity contribution is 0.871. The molecule has 0 amide bonds. The minimum absolute atomic E-state index is 0.388. The zero-order valence-corrected chi connectivity index (χ0v) is 14.5. The van der Waals surface area contributed by atoms with Gasteiger partial charge in [-0.05, 0) is 24.4 Å². The van der Waals surface area contributed by atoms with E-state index >= 15 is 0 Å².